The van der Waals surface area contributed by atoms with Gasteiger partial charge in [0.1, 0.15) is 6.04 Å². The summed E-state index contributed by atoms with van der Waals surface area (Å²) in [6.45, 7) is 10.2. The van der Waals surface area contributed by atoms with E-state index in [0.29, 0.717) is 25.1 Å². The number of sulfonamides is 1. The first kappa shape index (κ1) is 29.4. The largest absolute Gasteiger partial charge is 0.352 e. The van der Waals surface area contributed by atoms with Crippen molar-refractivity contribution in [1.82, 2.24) is 10.2 Å². The highest BCUT2D eigenvalue weighted by atomic mass is 32.2. The summed E-state index contributed by atoms with van der Waals surface area (Å²) in [6, 6.07) is 14.6. The Morgan fingerprint density at radius 1 is 0.972 bits per heavy atom. The second-order valence-electron chi connectivity index (χ2n) is 9.41. The summed E-state index contributed by atoms with van der Waals surface area (Å²) in [5.41, 5.74) is 3.47. The molecular formula is C28H41N3O4S. The van der Waals surface area contributed by atoms with Crippen LogP contribution in [-0.4, -0.2) is 50.0 Å². The van der Waals surface area contributed by atoms with Crippen LogP contribution in [0.5, 0.6) is 0 Å². The number of nitrogens with one attached hydrogen (secondary N) is 1. The molecule has 2 aromatic carbocycles. The molecule has 2 atom stereocenters. The van der Waals surface area contributed by atoms with Crippen molar-refractivity contribution in [3.63, 3.8) is 0 Å². The zero-order valence-electron chi connectivity index (χ0n) is 22.5. The Labute approximate surface area is 216 Å². The number of aryl methyl sites for hydroxylation is 1. The van der Waals surface area contributed by atoms with Gasteiger partial charge in [0.2, 0.25) is 21.8 Å². The quantitative estimate of drug-likeness (QED) is 0.423. The fourth-order valence-electron chi connectivity index (χ4n) is 4.13. The van der Waals surface area contributed by atoms with E-state index in [1.165, 1.54) is 10.6 Å². The zero-order valence-corrected chi connectivity index (χ0v) is 23.3. The Kier molecular flexibility index (Phi) is 11.0. The molecule has 0 fully saturated rings. The van der Waals surface area contributed by atoms with Crippen molar-refractivity contribution in [2.75, 3.05) is 17.1 Å². The SMILES string of the molecule is CC[C@@H](C)NC(=O)[C@H](CC)N(Cc1ccccc1)C(=O)CCCN(c1cccc(C)c1C)S(C)(=O)=O. The van der Waals surface area contributed by atoms with E-state index in [-0.39, 0.29) is 30.8 Å². The van der Waals surface area contributed by atoms with Crippen molar-refractivity contribution in [3.05, 3.63) is 65.2 Å². The number of rotatable bonds is 13. The molecule has 0 spiro atoms. The standard InChI is InChI=1S/C28H41N3O4S/c1-7-22(4)29-28(33)25(8-2)30(20-24-15-10-9-11-16-24)27(32)18-13-19-31(36(6,34)35)26-17-12-14-21(3)23(26)5/h9-12,14-17,22,25H,7-8,13,18-20H2,1-6H3,(H,29,33)/t22-,25+/m1/s1. The van der Waals surface area contributed by atoms with Gasteiger partial charge in [0.25, 0.3) is 0 Å². The predicted octanol–water partition coefficient (Wildman–Crippen LogP) is 4.57. The van der Waals surface area contributed by atoms with E-state index in [2.05, 4.69) is 5.32 Å². The third-order valence-electron chi connectivity index (χ3n) is 6.58. The van der Waals surface area contributed by atoms with Gasteiger partial charge in [0.05, 0.1) is 11.9 Å². The Hall–Kier alpha value is -2.87. The molecule has 2 rings (SSSR count). The lowest BCUT2D eigenvalue weighted by Crippen LogP contribution is -2.50. The lowest BCUT2D eigenvalue weighted by atomic mass is 10.1. The van der Waals surface area contributed by atoms with Crippen molar-refractivity contribution >= 4 is 27.5 Å². The van der Waals surface area contributed by atoms with Crippen LogP contribution in [0.15, 0.2) is 48.5 Å². The number of amides is 2. The molecule has 36 heavy (non-hydrogen) atoms. The van der Waals surface area contributed by atoms with Crippen molar-refractivity contribution in [2.24, 2.45) is 0 Å². The number of nitrogens with zero attached hydrogens (tertiary/aromatic N) is 2. The number of anilines is 1. The van der Waals surface area contributed by atoms with Crippen LogP contribution in [-0.2, 0) is 26.2 Å². The van der Waals surface area contributed by atoms with Crippen LogP contribution in [0.3, 0.4) is 0 Å². The summed E-state index contributed by atoms with van der Waals surface area (Å²) < 4.78 is 26.6. The lowest BCUT2D eigenvalue weighted by Gasteiger charge is -2.32. The van der Waals surface area contributed by atoms with E-state index < -0.39 is 16.1 Å². The lowest BCUT2D eigenvalue weighted by molar-refractivity contribution is -0.141. The normalized spacial score (nSPS) is 13.1. The average Bonchev–Trinajstić information content (AvgIpc) is 2.83. The first-order chi connectivity index (χ1) is 17.0. The van der Waals surface area contributed by atoms with Gasteiger partial charge in [-0.25, -0.2) is 8.42 Å². The van der Waals surface area contributed by atoms with Gasteiger partial charge >= 0.3 is 0 Å². The highest BCUT2D eigenvalue weighted by Crippen LogP contribution is 2.25. The van der Waals surface area contributed by atoms with E-state index in [1.807, 2.05) is 77.1 Å². The van der Waals surface area contributed by atoms with Crippen LogP contribution in [0.2, 0.25) is 0 Å². The van der Waals surface area contributed by atoms with Gasteiger partial charge in [-0.1, -0.05) is 56.3 Å². The minimum Gasteiger partial charge on any atom is -0.352 e. The van der Waals surface area contributed by atoms with Crippen molar-refractivity contribution < 1.29 is 18.0 Å². The molecule has 2 aromatic rings. The highest BCUT2D eigenvalue weighted by Gasteiger charge is 2.29. The molecular weight excluding hydrogens is 474 g/mol. The van der Waals surface area contributed by atoms with Gasteiger partial charge in [0.15, 0.2) is 0 Å². The summed E-state index contributed by atoms with van der Waals surface area (Å²) in [6.07, 6.45) is 2.95. The van der Waals surface area contributed by atoms with Crippen LogP contribution < -0.4 is 9.62 Å². The maximum absolute atomic E-state index is 13.5. The molecule has 0 unspecified atom stereocenters. The Balaban J connectivity index is 2.23. The molecule has 0 heterocycles. The van der Waals surface area contributed by atoms with E-state index in [0.717, 1.165) is 23.1 Å². The molecule has 2 amide bonds. The third-order valence-corrected chi connectivity index (χ3v) is 7.76. The van der Waals surface area contributed by atoms with Gasteiger partial charge in [-0.15, -0.1) is 0 Å². The van der Waals surface area contributed by atoms with Gasteiger partial charge in [-0.2, -0.15) is 0 Å². The molecule has 1 N–H and O–H groups in total. The molecule has 0 saturated carbocycles. The van der Waals surface area contributed by atoms with Crippen LogP contribution in [0, 0.1) is 13.8 Å². The van der Waals surface area contributed by atoms with Crippen molar-refractivity contribution in [2.45, 2.75) is 78.9 Å². The molecule has 0 aliphatic heterocycles. The van der Waals surface area contributed by atoms with Gasteiger partial charge in [-0.05, 0) is 62.8 Å². The number of carbonyl (C=O) groups is 2. The summed E-state index contributed by atoms with van der Waals surface area (Å²) >= 11 is 0. The second-order valence-corrected chi connectivity index (χ2v) is 11.3. The zero-order chi connectivity index (χ0) is 26.9. The van der Waals surface area contributed by atoms with Crippen LogP contribution >= 0.6 is 0 Å². The van der Waals surface area contributed by atoms with Gasteiger partial charge in [-0.3, -0.25) is 13.9 Å². The fraction of sp³-hybridized carbons (Fsp3) is 0.500. The minimum atomic E-state index is -3.53. The summed E-state index contributed by atoms with van der Waals surface area (Å²) in [4.78, 5) is 28.2. The number of benzene rings is 2. The van der Waals surface area contributed by atoms with Gasteiger partial charge in [0, 0.05) is 25.6 Å². The first-order valence-electron chi connectivity index (χ1n) is 12.7. The third kappa shape index (κ3) is 8.08. The summed E-state index contributed by atoms with van der Waals surface area (Å²) in [5.74, 6) is -0.330. The molecule has 0 aliphatic carbocycles. The Morgan fingerprint density at radius 2 is 1.64 bits per heavy atom. The van der Waals surface area contributed by atoms with Crippen LogP contribution in [0.1, 0.15) is 63.1 Å². The molecule has 0 aliphatic rings. The van der Waals surface area contributed by atoms with Gasteiger partial charge < -0.3 is 10.2 Å². The van der Waals surface area contributed by atoms with E-state index in [9.17, 15) is 18.0 Å². The number of hydrogen-bond donors (Lipinski definition) is 1. The van der Waals surface area contributed by atoms with Crippen molar-refractivity contribution in [3.8, 4) is 0 Å². The molecule has 0 aromatic heterocycles. The Morgan fingerprint density at radius 3 is 2.22 bits per heavy atom. The molecule has 0 radical (unpaired) electrons. The Bertz CT molecular complexity index is 1120. The average molecular weight is 516 g/mol. The molecule has 7 nitrogen and oxygen atoms in total. The number of carbonyl (C=O) groups excluding carboxylic acids is 2. The minimum absolute atomic E-state index is 0.0149. The summed E-state index contributed by atoms with van der Waals surface area (Å²) in [5, 5.41) is 3.01. The van der Waals surface area contributed by atoms with E-state index in [4.69, 9.17) is 0 Å². The highest BCUT2D eigenvalue weighted by molar-refractivity contribution is 7.92. The molecule has 0 saturated heterocycles. The maximum Gasteiger partial charge on any atom is 0.243 e. The van der Waals surface area contributed by atoms with E-state index in [1.54, 1.807) is 11.0 Å². The van der Waals surface area contributed by atoms with Crippen molar-refractivity contribution in [1.29, 1.82) is 0 Å². The maximum atomic E-state index is 13.5. The summed E-state index contributed by atoms with van der Waals surface area (Å²) in [7, 11) is -3.53. The number of hydrogen-bond acceptors (Lipinski definition) is 4. The molecule has 0 bridgehead atoms. The molecule has 198 valence electrons. The van der Waals surface area contributed by atoms with Crippen LogP contribution in [0.4, 0.5) is 5.69 Å². The molecule has 8 heteroatoms. The first-order valence-corrected chi connectivity index (χ1v) is 14.5. The monoisotopic (exact) mass is 515 g/mol. The van der Waals surface area contributed by atoms with Crippen LogP contribution in [0.25, 0.3) is 0 Å². The smallest absolute Gasteiger partial charge is 0.243 e. The fourth-order valence-corrected chi connectivity index (χ4v) is 5.14. The second kappa shape index (κ2) is 13.4. The predicted molar refractivity (Wildman–Crippen MR) is 146 cm³/mol. The topological polar surface area (TPSA) is 86.8 Å². The van der Waals surface area contributed by atoms with E-state index >= 15 is 0 Å².